The van der Waals surface area contributed by atoms with Gasteiger partial charge in [0.2, 0.25) is 0 Å². The van der Waals surface area contributed by atoms with Crippen LogP contribution >= 0.6 is 0 Å². The van der Waals surface area contributed by atoms with Crippen molar-refractivity contribution in [2.24, 2.45) is 11.7 Å². The van der Waals surface area contributed by atoms with Gasteiger partial charge in [0.1, 0.15) is 0 Å². The number of nitrogens with zero attached hydrogens (tertiary/aromatic N) is 2. The lowest BCUT2D eigenvalue weighted by Gasteiger charge is -2.36. The second-order valence-electron chi connectivity index (χ2n) is 4.63. The Balaban J connectivity index is 2.16. The first-order valence-electron chi connectivity index (χ1n) is 6.30. The molecule has 1 aromatic heterocycles. The maximum Gasteiger partial charge on any atom is 0.171 e. The zero-order chi connectivity index (χ0) is 12.3. The van der Waals surface area contributed by atoms with Gasteiger partial charge in [-0.3, -0.25) is 0 Å². The Morgan fingerprint density at radius 1 is 1.59 bits per heavy atom. The molecule has 2 rings (SSSR count). The smallest absolute Gasteiger partial charge is 0.171 e. The first kappa shape index (κ1) is 12.2. The van der Waals surface area contributed by atoms with Crippen molar-refractivity contribution in [3.8, 4) is 5.75 Å². The van der Waals surface area contributed by atoms with Gasteiger partial charge >= 0.3 is 0 Å². The van der Waals surface area contributed by atoms with Gasteiger partial charge in [-0.25, -0.2) is 4.98 Å². The number of anilines is 1. The SMILES string of the molecule is CCOc1cccnc1N1CCC(N)C(C)C1. The Labute approximate surface area is 103 Å². The van der Waals surface area contributed by atoms with E-state index in [4.69, 9.17) is 10.5 Å². The Morgan fingerprint density at radius 2 is 2.41 bits per heavy atom. The molecule has 1 saturated heterocycles. The zero-order valence-corrected chi connectivity index (χ0v) is 10.6. The highest BCUT2D eigenvalue weighted by Crippen LogP contribution is 2.28. The van der Waals surface area contributed by atoms with Gasteiger partial charge in [0.15, 0.2) is 11.6 Å². The van der Waals surface area contributed by atoms with Crippen molar-refractivity contribution in [1.82, 2.24) is 4.98 Å². The van der Waals surface area contributed by atoms with E-state index in [1.165, 1.54) is 0 Å². The van der Waals surface area contributed by atoms with E-state index >= 15 is 0 Å². The van der Waals surface area contributed by atoms with Crippen LogP contribution < -0.4 is 15.4 Å². The summed E-state index contributed by atoms with van der Waals surface area (Å²) in [6, 6.07) is 4.20. The number of rotatable bonds is 3. The summed E-state index contributed by atoms with van der Waals surface area (Å²) in [5, 5.41) is 0. The third-order valence-corrected chi connectivity index (χ3v) is 3.32. The van der Waals surface area contributed by atoms with Gasteiger partial charge in [0.05, 0.1) is 6.61 Å². The monoisotopic (exact) mass is 235 g/mol. The molecule has 4 nitrogen and oxygen atoms in total. The molecular weight excluding hydrogens is 214 g/mol. The van der Waals surface area contributed by atoms with Gasteiger partial charge < -0.3 is 15.4 Å². The van der Waals surface area contributed by atoms with Crippen LogP contribution in [0, 0.1) is 5.92 Å². The van der Waals surface area contributed by atoms with Crippen LogP contribution in [-0.2, 0) is 0 Å². The standard InChI is InChI=1S/C13H21N3O/c1-3-17-12-5-4-7-15-13(12)16-8-6-11(14)10(2)9-16/h4-5,7,10-11H,3,6,8-9,14H2,1-2H3. The van der Waals surface area contributed by atoms with Gasteiger partial charge in [0.25, 0.3) is 0 Å². The highest BCUT2D eigenvalue weighted by Gasteiger charge is 2.25. The molecule has 2 N–H and O–H groups in total. The Kier molecular flexibility index (Phi) is 3.84. The van der Waals surface area contributed by atoms with Crippen molar-refractivity contribution in [3.63, 3.8) is 0 Å². The van der Waals surface area contributed by atoms with Crippen molar-refractivity contribution in [3.05, 3.63) is 18.3 Å². The highest BCUT2D eigenvalue weighted by atomic mass is 16.5. The molecule has 0 bridgehead atoms. The molecule has 0 saturated carbocycles. The van der Waals surface area contributed by atoms with Crippen LogP contribution in [0.4, 0.5) is 5.82 Å². The predicted octanol–water partition coefficient (Wildman–Crippen LogP) is 1.65. The summed E-state index contributed by atoms with van der Waals surface area (Å²) < 4.78 is 5.62. The molecule has 17 heavy (non-hydrogen) atoms. The fourth-order valence-corrected chi connectivity index (χ4v) is 2.24. The molecule has 1 fully saturated rings. The van der Waals surface area contributed by atoms with Crippen LogP contribution in [0.3, 0.4) is 0 Å². The molecule has 1 aliphatic rings. The van der Waals surface area contributed by atoms with Gasteiger partial charge in [0, 0.05) is 25.3 Å². The third kappa shape index (κ3) is 2.69. The number of hydrogen-bond acceptors (Lipinski definition) is 4. The van der Waals surface area contributed by atoms with Crippen molar-refractivity contribution in [2.45, 2.75) is 26.3 Å². The van der Waals surface area contributed by atoms with Crippen LogP contribution in [0.1, 0.15) is 20.3 Å². The van der Waals surface area contributed by atoms with Gasteiger partial charge in [-0.2, -0.15) is 0 Å². The average Bonchev–Trinajstić information content (AvgIpc) is 2.34. The van der Waals surface area contributed by atoms with Crippen molar-refractivity contribution in [1.29, 1.82) is 0 Å². The Bertz CT molecular complexity index is 369. The maximum atomic E-state index is 6.04. The van der Waals surface area contributed by atoms with Crippen LogP contribution in [0.15, 0.2) is 18.3 Å². The summed E-state index contributed by atoms with van der Waals surface area (Å²) >= 11 is 0. The van der Waals surface area contributed by atoms with Gasteiger partial charge in [-0.15, -0.1) is 0 Å². The minimum atomic E-state index is 0.311. The van der Waals surface area contributed by atoms with Gasteiger partial charge in [-0.1, -0.05) is 6.92 Å². The second kappa shape index (κ2) is 5.36. The van der Waals surface area contributed by atoms with Crippen molar-refractivity contribution < 1.29 is 4.74 Å². The average molecular weight is 235 g/mol. The molecule has 0 radical (unpaired) electrons. The van der Waals surface area contributed by atoms with Crippen LogP contribution in [-0.4, -0.2) is 30.7 Å². The first-order valence-corrected chi connectivity index (χ1v) is 6.30. The van der Waals surface area contributed by atoms with E-state index in [0.29, 0.717) is 18.6 Å². The molecule has 94 valence electrons. The second-order valence-corrected chi connectivity index (χ2v) is 4.63. The number of ether oxygens (including phenoxy) is 1. The van der Waals surface area contributed by atoms with Crippen LogP contribution in [0.25, 0.3) is 0 Å². The lowest BCUT2D eigenvalue weighted by atomic mass is 9.95. The summed E-state index contributed by atoms with van der Waals surface area (Å²) in [6.07, 6.45) is 2.83. The number of piperidine rings is 1. The molecule has 1 aromatic rings. The fraction of sp³-hybridized carbons (Fsp3) is 0.615. The molecule has 0 aromatic carbocycles. The van der Waals surface area contributed by atoms with Crippen molar-refractivity contribution in [2.75, 3.05) is 24.6 Å². The largest absolute Gasteiger partial charge is 0.490 e. The third-order valence-electron chi connectivity index (χ3n) is 3.32. The summed E-state index contributed by atoms with van der Waals surface area (Å²) in [6.45, 7) is 6.77. The quantitative estimate of drug-likeness (QED) is 0.865. The molecule has 1 aliphatic heterocycles. The van der Waals surface area contributed by atoms with E-state index in [1.54, 1.807) is 0 Å². The normalized spacial score (nSPS) is 24.8. The summed E-state index contributed by atoms with van der Waals surface area (Å²) in [7, 11) is 0. The minimum Gasteiger partial charge on any atom is -0.490 e. The summed E-state index contributed by atoms with van der Waals surface area (Å²) in [5.41, 5.74) is 6.04. The minimum absolute atomic E-state index is 0.311. The molecule has 0 amide bonds. The Morgan fingerprint density at radius 3 is 3.12 bits per heavy atom. The molecule has 0 spiro atoms. The van der Waals surface area contributed by atoms with Crippen LogP contribution in [0.5, 0.6) is 5.75 Å². The molecule has 2 atom stereocenters. The maximum absolute atomic E-state index is 6.04. The highest BCUT2D eigenvalue weighted by molar-refractivity contribution is 5.52. The van der Waals surface area contributed by atoms with E-state index in [0.717, 1.165) is 31.1 Å². The van der Waals surface area contributed by atoms with E-state index in [1.807, 2.05) is 25.3 Å². The molecule has 4 heteroatoms. The van der Waals surface area contributed by atoms with E-state index in [-0.39, 0.29) is 0 Å². The van der Waals surface area contributed by atoms with Crippen molar-refractivity contribution >= 4 is 5.82 Å². The molecule has 0 aliphatic carbocycles. The lowest BCUT2D eigenvalue weighted by molar-refractivity contribution is 0.333. The molecule has 2 unspecified atom stereocenters. The van der Waals surface area contributed by atoms with Crippen LogP contribution in [0.2, 0.25) is 0 Å². The predicted molar refractivity (Wildman–Crippen MR) is 69.4 cm³/mol. The van der Waals surface area contributed by atoms with E-state index in [9.17, 15) is 0 Å². The lowest BCUT2D eigenvalue weighted by Crippen LogP contribution is -2.46. The number of pyridine rings is 1. The molecular formula is C13H21N3O. The fourth-order valence-electron chi connectivity index (χ4n) is 2.24. The summed E-state index contributed by atoms with van der Waals surface area (Å²) in [4.78, 5) is 6.72. The number of nitrogens with two attached hydrogens (primary N) is 1. The zero-order valence-electron chi connectivity index (χ0n) is 10.6. The van der Waals surface area contributed by atoms with E-state index in [2.05, 4.69) is 16.8 Å². The summed E-state index contributed by atoms with van der Waals surface area (Å²) in [5.74, 6) is 2.33. The molecule has 2 heterocycles. The number of aromatic nitrogens is 1. The topological polar surface area (TPSA) is 51.4 Å². The van der Waals surface area contributed by atoms with E-state index < -0.39 is 0 Å². The first-order chi connectivity index (χ1) is 8.22. The van der Waals surface area contributed by atoms with Gasteiger partial charge in [-0.05, 0) is 31.4 Å². The Hall–Kier alpha value is -1.29. The number of hydrogen-bond donors (Lipinski definition) is 1.